The van der Waals surface area contributed by atoms with Crippen molar-refractivity contribution in [1.29, 1.82) is 0 Å². The van der Waals surface area contributed by atoms with Gasteiger partial charge in [0.2, 0.25) is 0 Å². The summed E-state index contributed by atoms with van der Waals surface area (Å²) in [6.07, 6.45) is 0. The summed E-state index contributed by atoms with van der Waals surface area (Å²) in [7, 11) is 1.77. The molecule has 0 saturated carbocycles. The molecule has 0 aliphatic heterocycles. The Morgan fingerprint density at radius 3 is 2.75 bits per heavy atom. The largest absolute Gasteiger partial charge is 0.313 e. The van der Waals surface area contributed by atoms with E-state index in [1.54, 1.807) is 36.7 Å². The lowest BCUT2D eigenvalue weighted by Gasteiger charge is -2.05. The lowest BCUT2D eigenvalue weighted by atomic mass is 10.1. The van der Waals surface area contributed by atoms with Crippen LogP contribution in [-0.2, 0) is 12.9 Å². The van der Waals surface area contributed by atoms with Crippen LogP contribution in [-0.4, -0.2) is 14.8 Å². The SMILES string of the molecule is Cc1cccc(-c2nnc(CCl)n2C)c1F. The summed E-state index contributed by atoms with van der Waals surface area (Å²) in [6.45, 7) is 1.72. The maximum Gasteiger partial charge on any atom is 0.166 e. The second kappa shape index (κ2) is 4.22. The summed E-state index contributed by atoms with van der Waals surface area (Å²) in [5, 5.41) is 7.84. The third-order valence-electron chi connectivity index (χ3n) is 2.52. The summed E-state index contributed by atoms with van der Waals surface area (Å²) in [6, 6.07) is 5.20. The highest BCUT2D eigenvalue weighted by molar-refractivity contribution is 6.16. The van der Waals surface area contributed by atoms with E-state index in [9.17, 15) is 4.39 Å². The number of aryl methyl sites for hydroxylation is 1. The summed E-state index contributed by atoms with van der Waals surface area (Å²) >= 11 is 5.69. The van der Waals surface area contributed by atoms with E-state index in [4.69, 9.17) is 11.6 Å². The van der Waals surface area contributed by atoms with E-state index in [0.717, 1.165) is 0 Å². The zero-order valence-electron chi connectivity index (χ0n) is 9.04. The topological polar surface area (TPSA) is 30.7 Å². The number of aromatic nitrogens is 3. The predicted octanol–water partition coefficient (Wildman–Crippen LogP) is 2.67. The van der Waals surface area contributed by atoms with Gasteiger partial charge in [0, 0.05) is 7.05 Å². The summed E-state index contributed by atoms with van der Waals surface area (Å²) in [4.78, 5) is 0. The van der Waals surface area contributed by atoms with E-state index < -0.39 is 0 Å². The number of benzene rings is 1. The summed E-state index contributed by atoms with van der Waals surface area (Å²) in [5.41, 5.74) is 1.04. The highest BCUT2D eigenvalue weighted by Crippen LogP contribution is 2.23. The third-order valence-corrected chi connectivity index (χ3v) is 2.76. The molecule has 0 spiro atoms. The molecule has 0 unspecified atom stereocenters. The smallest absolute Gasteiger partial charge is 0.166 e. The molecule has 3 nitrogen and oxygen atoms in total. The van der Waals surface area contributed by atoms with E-state index in [-0.39, 0.29) is 11.7 Å². The van der Waals surface area contributed by atoms with Crippen LogP contribution < -0.4 is 0 Å². The number of rotatable bonds is 2. The van der Waals surface area contributed by atoms with Crippen molar-refractivity contribution in [2.24, 2.45) is 7.05 Å². The Kier molecular flexibility index (Phi) is 2.92. The second-order valence-electron chi connectivity index (χ2n) is 3.57. The first-order valence-electron chi connectivity index (χ1n) is 4.85. The molecule has 0 aliphatic rings. The van der Waals surface area contributed by atoms with E-state index in [2.05, 4.69) is 10.2 Å². The van der Waals surface area contributed by atoms with Crippen molar-refractivity contribution < 1.29 is 4.39 Å². The molecular formula is C11H11ClFN3. The normalized spacial score (nSPS) is 10.8. The van der Waals surface area contributed by atoms with Gasteiger partial charge in [-0.05, 0) is 18.6 Å². The molecule has 0 aliphatic carbocycles. The van der Waals surface area contributed by atoms with Crippen molar-refractivity contribution in [3.63, 3.8) is 0 Å². The molecule has 1 aromatic carbocycles. The fourth-order valence-corrected chi connectivity index (χ4v) is 1.77. The molecular weight excluding hydrogens is 229 g/mol. The van der Waals surface area contributed by atoms with Gasteiger partial charge in [0.05, 0.1) is 11.4 Å². The highest BCUT2D eigenvalue weighted by atomic mass is 35.5. The van der Waals surface area contributed by atoms with Crippen LogP contribution in [0.5, 0.6) is 0 Å². The van der Waals surface area contributed by atoms with Crippen molar-refractivity contribution in [3.05, 3.63) is 35.4 Å². The zero-order valence-corrected chi connectivity index (χ0v) is 9.79. The van der Waals surface area contributed by atoms with Gasteiger partial charge in [-0.3, -0.25) is 0 Å². The number of alkyl halides is 1. The Morgan fingerprint density at radius 2 is 2.12 bits per heavy atom. The van der Waals surface area contributed by atoms with Crippen LogP contribution in [0.15, 0.2) is 18.2 Å². The number of halogens is 2. The van der Waals surface area contributed by atoms with Crippen LogP contribution in [0.1, 0.15) is 11.4 Å². The second-order valence-corrected chi connectivity index (χ2v) is 3.84. The third kappa shape index (κ3) is 1.69. The fraction of sp³-hybridized carbons (Fsp3) is 0.273. The van der Waals surface area contributed by atoms with E-state index in [1.807, 2.05) is 0 Å². The molecule has 0 bridgehead atoms. The zero-order chi connectivity index (χ0) is 11.7. The summed E-state index contributed by atoms with van der Waals surface area (Å²) < 4.78 is 15.6. The van der Waals surface area contributed by atoms with Gasteiger partial charge >= 0.3 is 0 Å². The molecule has 16 heavy (non-hydrogen) atoms. The van der Waals surface area contributed by atoms with Gasteiger partial charge < -0.3 is 4.57 Å². The average Bonchev–Trinajstić information content (AvgIpc) is 2.64. The first-order valence-corrected chi connectivity index (χ1v) is 5.38. The van der Waals surface area contributed by atoms with Gasteiger partial charge in [-0.15, -0.1) is 21.8 Å². The molecule has 0 N–H and O–H groups in total. The van der Waals surface area contributed by atoms with Gasteiger partial charge in [-0.1, -0.05) is 12.1 Å². The van der Waals surface area contributed by atoms with Gasteiger partial charge in [-0.25, -0.2) is 4.39 Å². The Balaban J connectivity index is 2.59. The van der Waals surface area contributed by atoms with E-state index >= 15 is 0 Å². The predicted molar refractivity (Wildman–Crippen MR) is 60.7 cm³/mol. The molecule has 0 amide bonds. The molecule has 2 rings (SSSR count). The van der Waals surface area contributed by atoms with Crippen LogP contribution in [0.4, 0.5) is 4.39 Å². The van der Waals surface area contributed by atoms with Gasteiger partial charge in [-0.2, -0.15) is 0 Å². The Morgan fingerprint density at radius 1 is 1.38 bits per heavy atom. The van der Waals surface area contributed by atoms with Crippen LogP contribution in [0.25, 0.3) is 11.4 Å². The molecule has 0 fully saturated rings. The lowest BCUT2D eigenvalue weighted by molar-refractivity contribution is 0.619. The van der Waals surface area contributed by atoms with E-state index in [0.29, 0.717) is 22.8 Å². The fourth-order valence-electron chi connectivity index (χ4n) is 1.53. The number of nitrogens with zero attached hydrogens (tertiary/aromatic N) is 3. The van der Waals surface area contributed by atoms with Gasteiger partial charge in [0.25, 0.3) is 0 Å². The molecule has 5 heteroatoms. The monoisotopic (exact) mass is 239 g/mol. The van der Waals surface area contributed by atoms with E-state index in [1.165, 1.54) is 0 Å². The molecule has 0 radical (unpaired) electrons. The minimum atomic E-state index is -0.265. The maximum absolute atomic E-state index is 13.9. The molecule has 1 heterocycles. The standard InChI is InChI=1S/C11H11ClFN3/c1-7-4-3-5-8(10(7)13)11-15-14-9(6-12)16(11)2/h3-5H,6H2,1-2H3. The van der Waals surface area contributed by atoms with Crippen LogP contribution in [0.2, 0.25) is 0 Å². The highest BCUT2D eigenvalue weighted by Gasteiger charge is 2.14. The van der Waals surface area contributed by atoms with Crippen molar-refractivity contribution in [2.45, 2.75) is 12.8 Å². The van der Waals surface area contributed by atoms with Crippen molar-refractivity contribution in [1.82, 2.24) is 14.8 Å². The Hall–Kier alpha value is -1.42. The van der Waals surface area contributed by atoms with Gasteiger partial charge in [0.1, 0.15) is 11.6 Å². The van der Waals surface area contributed by atoms with Crippen LogP contribution >= 0.6 is 11.6 Å². The van der Waals surface area contributed by atoms with Crippen LogP contribution in [0.3, 0.4) is 0 Å². The quantitative estimate of drug-likeness (QED) is 0.755. The average molecular weight is 240 g/mol. The van der Waals surface area contributed by atoms with Crippen molar-refractivity contribution in [3.8, 4) is 11.4 Å². The lowest BCUT2D eigenvalue weighted by Crippen LogP contribution is -1.99. The molecule has 84 valence electrons. The van der Waals surface area contributed by atoms with Crippen LogP contribution in [0, 0.1) is 12.7 Å². The van der Waals surface area contributed by atoms with Gasteiger partial charge in [0.15, 0.2) is 5.82 Å². The Bertz CT molecular complexity index is 522. The molecule has 2 aromatic rings. The first kappa shape index (κ1) is 11.1. The first-order chi connectivity index (χ1) is 7.65. The summed E-state index contributed by atoms with van der Waals surface area (Å²) in [5.74, 6) is 1.12. The molecule has 0 atom stereocenters. The number of hydrogen-bond donors (Lipinski definition) is 0. The minimum Gasteiger partial charge on any atom is -0.313 e. The van der Waals surface area contributed by atoms with Crippen molar-refractivity contribution in [2.75, 3.05) is 0 Å². The molecule has 1 aromatic heterocycles. The molecule has 0 saturated heterocycles. The number of hydrogen-bond acceptors (Lipinski definition) is 2. The van der Waals surface area contributed by atoms with Crippen molar-refractivity contribution >= 4 is 11.6 Å². The minimum absolute atomic E-state index is 0.261. The maximum atomic E-state index is 13.9. The Labute approximate surface area is 97.9 Å².